The Labute approximate surface area is 122 Å². The minimum atomic E-state index is -0.175. The highest BCUT2D eigenvalue weighted by molar-refractivity contribution is 6.37. The van der Waals surface area contributed by atoms with E-state index in [-0.39, 0.29) is 12.0 Å². The fourth-order valence-corrected chi connectivity index (χ4v) is 2.43. The molecule has 1 aliphatic heterocycles. The van der Waals surface area contributed by atoms with Gasteiger partial charge in [-0.2, -0.15) is 0 Å². The molecular formula is C14H15Cl2NO2. The summed E-state index contributed by atoms with van der Waals surface area (Å²) in [6.07, 6.45) is 5.25. The molecule has 0 radical (unpaired) electrons. The Kier molecular flexibility index (Phi) is 5.25. The number of nitrogens with one attached hydrogen (secondary N) is 1. The first-order valence-electron chi connectivity index (χ1n) is 6.18. The Morgan fingerprint density at radius 2 is 2.16 bits per heavy atom. The smallest absolute Gasteiger partial charge is 0.244 e. The van der Waals surface area contributed by atoms with Gasteiger partial charge in [-0.05, 0) is 31.1 Å². The maximum Gasteiger partial charge on any atom is 0.244 e. The first-order valence-corrected chi connectivity index (χ1v) is 6.94. The zero-order valence-corrected chi connectivity index (χ0v) is 11.9. The summed E-state index contributed by atoms with van der Waals surface area (Å²) in [5, 5.41) is 3.84. The summed E-state index contributed by atoms with van der Waals surface area (Å²) in [6, 6.07) is 5.23. The Balaban J connectivity index is 1.88. The van der Waals surface area contributed by atoms with Crippen molar-refractivity contribution in [1.82, 2.24) is 5.32 Å². The first kappa shape index (κ1) is 14.4. The molecule has 19 heavy (non-hydrogen) atoms. The zero-order valence-electron chi connectivity index (χ0n) is 10.4. The van der Waals surface area contributed by atoms with Crippen molar-refractivity contribution in [3.05, 3.63) is 39.9 Å². The summed E-state index contributed by atoms with van der Waals surface area (Å²) in [5.41, 5.74) is 0.651. The molecule has 1 aromatic rings. The van der Waals surface area contributed by atoms with Crippen LogP contribution in [0.3, 0.4) is 0 Å². The molecule has 0 saturated carbocycles. The van der Waals surface area contributed by atoms with Crippen molar-refractivity contribution in [2.45, 2.75) is 18.9 Å². The van der Waals surface area contributed by atoms with E-state index in [0.717, 1.165) is 19.4 Å². The lowest BCUT2D eigenvalue weighted by Crippen LogP contribution is -2.30. The first-order chi connectivity index (χ1) is 9.16. The molecule has 0 spiro atoms. The van der Waals surface area contributed by atoms with E-state index < -0.39 is 0 Å². The minimum absolute atomic E-state index is 0.140. The second-order valence-corrected chi connectivity index (χ2v) is 5.16. The van der Waals surface area contributed by atoms with Gasteiger partial charge in [-0.1, -0.05) is 29.3 Å². The van der Waals surface area contributed by atoms with E-state index in [2.05, 4.69) is 5.32 Å². The van der Waals surface area contributed by atoms with E-state index in [0.29, 0.717) is 22.2 Å². The lowest BCUT2D eigenvalue weighted by atomic mass is 10.2. The van der Waals surface area contributed by atoms with Gasteiger partial charge in [0.25, 0.3) is 0 Å². The van der Waals surface area contributed by atoms with E-state index in [1.54, 1.807) is 24.3 Å². The maximum absolute atomic E-state index is 11.7. The van der Waals surface area contributed by atoms with Crippen molar-refractivity contribution in [2.24, 2.45) is 0 Å². The van der Waals surface area contributed by atoms with Crippen LogP contribution in [0.15, 0.2) is 24.3 Å². The van der Waals surface area contributed by atoms with Gasteiger partial charge in [-0.3, -0.25) is 4.79 Å². The summed E-state index contributed by atoms with van der Waals surface area (Å²) < 4.78 is 5.42. The molecule has 1 amide bonds. The van der Waals surface area contributed by atoms with Crippen LogP contribution in [0.2, 0.25) is 10.0 Å². The van der Waals surface area contributed by atoms with Crippen LogP contribution in [-0.2, 0) is 9.53 Å². The molecule has 0 aromatic heterocycles. The third-order valence-electron chi connectivity index (χ3n) is 2.93. The number of halogens is 2. The summed E-state index contributed by atoms with van der Waals surface area (Å²) in [4.78, 5) is 11.7. The monoisotopic (exact) mass is 299 g/mol. The Morgan fingerprint density at radius 1 is 1.42 bits per heavy atom. The maximum atomic E-state index is 11.7. The number of hydrogen-bond donors (Lipinski definition) is 1. The average Bonchev–Trinajstić information content (AvgIpc) is 2.89. The van der Waals surface area contributed by atoms with Crippen LogP contribution >= 0.6 is 23.2 Å². The SMILES string of the molecule is O=C(/C=C/c1c(Cl)cccc1Cl)NCC1CCCO1. The van der Waals surface area contributed by atoms with Crippen LogP contribution in [0.25, 0.3) is 6.08 Å². The van der Waals surface area contributed by atoms with E-state index in [4.69, 9.17) is 27.9 Å². The van der Waals surface area contributed by atoms with Crippen molar-refractivity contribution in [3.63, 3.8) is 0 Å². The van der Waals surface area contributed by atoms with E-state index in [9.17, 15) is 4.79 Å². The van der Waals surface area contributed by atoms with Gasteiger partial charge in [-0.15, -0.1) is 0 Å². The fourth-order valence-electron chi connectivity index (χ4n) is 1.91. The van der Waals surface area contributed by atoms with Gasteiger partial charge < -0.3 is 10.1 Å². The molecule has 1 N–H and O–H groups in total. The summed E-state index contributed by atoms with van der Waals surface area (Å²) >= 11 is 12.0. The van der Waals surface area contributed by atoms with E-state index in [1.807, 2.05) is 0 Å². The molecule has 1 fully saturated rings. The van der Waals surface area contributed by atoms with Gasteiger partial charge >= 0.3 is 0 Å². The molecular weight excluding hydrogens is 285 g/mol. The highest BCUT2D eigenvalue weighted by Gasteiger charge is 2.15. The third-order valence-corrected chi connectivity index (χ3v) is 3.59. The molecule has 2 rings (SSSR count). The van der Waals surface area contributed by atoms with Crippen molar-refractivity contribution in [1.29, 1.82) is 0 Å². The van der Waals surface area contributed by atoms with Crippen molar-refractivity contribution in [2.75, 3.05) is 13.2 Å². The Bertz CT molecular complexity index is 462. The van der Waals surface area contributed by atoms with Crippen molar-refractivity contribution >= 4 is 35.2 Å². The van der Waals surface area contributed by atoms with Gasteiger partial charge in [-0.25, -0.2) is 0 Å². The standard InChI is InChI=1S/C14H15Cl2NO2/c15-12-4-1-5-13(16)11(12)6-7-14(18)17-9-10-3-2-8-19-10/h1,4-7,10H,2-3,8-9H2,(H,17,18)/b7-6+. The lowest BCUT2D eigenvalue weighted by molar-refractivity contribution is -0.116. The third kappa shape index (κ3) is 4.23. The van der Waals surface area contributed by atoms with Crippen LogP contribution in [0, 0.1) is 0 Å². The fraction of sp³-hybridized carbons (Fsp3) is 0.357. The molecule has 102 valence electrons. The molecule has 0 bridgehead atoms. The molecule has 1 atom stereocenters. The van der Waals surface area contributed by atoms with Gasteiger partial charge in [0.2, 0.25) is 5.91 Å². The highest BCUT2D eigenvalue weighted by Crippen LogP contribution is 2.25. The average molecular weight is 300 g/mol. The molecule has 5 heteroatoms. The number of carbonyl (C=O) groups is 1. The van der Waals surface area contributed by atoms with E-state index >= 15 is 0 Å². The number of carbonyl (C=O) groups excluding carboxylic acids is 1. The van der Waals surface area contributed by atoms with Crippen LogP contribution in [0.4, 0.5) is 0 Å². The highest BCUT2D eigenvalue weighted by atomic mass is 35.5. The Hall–Kier alpha value is -1.03. The molecule has 1 aliphatic rings. The molecule has 1 aromatic carbocycles. The predicted octanol–water partition coefficient (Wildman–Crippen LogP) is 3.30. The molecule has 1 heterocycles. The van der Waals surface area contributed by atoms with E-state index in [1.165, 1.54) is 6.08 Å². The number of hydrogen-bond acceptors (Lipinski definition) is 2. The van der Waals surface area contributed by atoms with Crippen LogP contribution in [0.1, 0.15) is 18.4 Å². The van der Waals surface area contributed by atoms with Gasteiger partial charge in [0, 0.05) is 34.8 Å². The second kappa shape index (κ2) is 6.94. The number of ether oxygens (including phenoxy) is 1. The lowest BCUT2D eigenvalue weighted by Gasteiger charge is -2.09. The normalized spacial score (nSPS) is 18.9. The van der Waals surface area contributed by atoms with Crippen molar-refractivity contribution in [3.8, 4) is 0 Å². The predicted molar refractivity (Wildman–Crippen MR) is 77.5 cm³/mol. The summed E-state index contributed by atoms with van der Waals surface area (Å²) in [5.74, 6) is -0.175. The van der Waals surface area contributed by atoms with Crippen LogP contribution < -0.4 is 5.32 Å². The molecule has 0 aliphatic carbocycles. The minimum Gasteiger partial charge on any atom is -0.376 e. The Morgan fingerprint density at radius 3 is 2.79 bits per heavy atom. The second-order valence-electron chi connectivity index (χ2n) is 4.35. The largest absolute Gasteiger partial charge is 0.376 e. The molecule has 3 nitrogen and oxygen atoms in total. The number of benzene rings is 1. The molecule has 1 saturated heterocycles. The number of amides is 1. The van der Waals surface area contributed by atoms with Crippen LogP contribution in [-0.4, -0.2) is 25.2 Å². The zero-order chi connectivity index (χ0) is 13.7. The topological polar surface area (TPSA) is 38.3 Å². The molecule has 1 unspecified atom stereocenters. The summed E-state index contributed by atoms with van der Waals surface area (Å²) in [7, 11) is 0. The van der Waals surface area contributed by atoms with Gasteiger partial charge in [0.1, 0.15) is 0 Å². The van der Waals surface area contributed by atoms with Gasteiger partial charge in [0.15, 0.2) is 0 Å². The quantitative estimate of drug-likeness (QED) is 0.866. The van der Waals surface area contributed by atoms with Crippen molar-refractivity contribution < 1.29 is 9.53 Å². The summed E-state index contributed by atoms with van der Waals surface area (Å²) in [6.45, 7) is 1.32. The number of rotatable bonds is 4. The van der Waals surface area contributed by atoms with Crippen LogP contribution in [0.5, 0.6) is 0 Å². The van der Waals surface area contributed by atoms with Gasteiger partial charge in [0.05, 0.1) is 6.10 Å².